The second kappa shape index (κ2) is 8.06. The van der Waals surface area contributed by atoms with Crippen LogP contribution in [0.4, 0.5) is 0 Å². The molecule has 0 saturated carbocycles. The summed E-state index contributed by atoms with van der Waals surface area (Å²) in [7, 11) is -3.22. The third kappa shape index (κ3) is 9.15. The highest BCUT2D eigenvalue weighted by molar-refractivity contribution is 9.09. The van der Waals surface area contributed by atoms with E-state index in [0.29, 0.717) is 12.5 Å². The number of alkyl halides is 1. The first-order valence-corrected chi connectivity index (χ1v) is 8.57. The van der Waals surface area contributed by atoms with Gasteiger partial charge in [0.2, 0.25) is 5.91 Å². The Morgan fingerprint density at radius 3 is 2.44 bits per heavy atom. The average Bonchev–Trinajstić information content (AvgIpc) is 2.12. The van der Waals surface area contributed by atoms with E-state index in [4.69, 9.17) is 0 Å². The Morgan fingerprint density at radius 2 is 2.00 bits per heavy atom. The Labute approximate surface area is 106 Å². The molecule has 4 nitrogen and oxygen atoms in total. The lowest BCUT2D eigenvalue weighted by Gasteiger charge is -2.15. The maximum Gasteiger partial charge on any atom is 0.235 e. The second-order valence-electron chi connectivity index (χ2n) is 4.01. The van der Waals surface area contributed by atoms with Gasteiger partial charge < -0.3 is 5.32 Å². The molecule has 96 valence electrons. The number of nitrogens with one attached hydrogen (secondary N) is 1. The van der Waals surface area contributed by atoms with Crippen molar-refractivity contribution in [1.82, 2.24) is 5.32 Å². The van der Waals surface area contributed by atoms with E-state index >= 15 is 0 Å². The van der Waals surface area contributed by atoms with Crippen LogP contribution in [0, 0.1) is 5.92 Å². The zero-order valence-electron chi connectivity index (χ0n) is 9.83. The van der Waals surface area contributed by atoms with Crippen LogP contribution in [0.3, 0.4) is 0 Å². The Kier molecular flexibility index (Phi) is 8.01. The second-order valence-corrected chi connectivity index (χ2v) is 6.94. The fourth-order valence-corrected chi connectivity index (χ4v) is 2.68. The van der Waals surface area contributed by atoms with Crippen molar-refractivity contribution in [3.63, 3.8) is 0 Å². The van der Waals surface area contributed by atoms with Gasteiger partial charge in [0.15, 0.2) is 9.84 Å². The van der Waals surface area contributed by atoms with E-state index in [2.05, 4.69) is 28.2 Å². The minimum Gasteiger partial charge on any atom is -0.355 e. The van der Waals surface area contributed by atoms with Gasteiger partial charge in [-0.3, -0.25) is 4.79 Å². The zero-order chi connectivity index (χ0) is 12.6. The number of carbonyl (C=O) groups excluding carboxylic acids is 1. The largest absolute Gasteiger partial charge is 0.355 e. The summed E-state index contributed by atoms with van der Waals surface area (Å²) in [5.74, 6) is -0.397. The first kappa shape index (κ1) is 15.9. The number of amides is 1. The number of hydrogen-bond donors (Lipinski definition) is 1. The maximum absolute atomic E-state index is 11.3. The average molecular weight is 314 g/mol. The molecule has 1 unspecified atom stereocenters. The van der Waals surface area contributed by atoms with Crippen LogP contribution in [-0.4, -0.2) is 38.2 Å². The standard InChI is InChI=1S/C10H20BrNO3S/c1-3-4-9(5-6-11)7-12-10(13)8-16(2,14)15/h9H,3-8H2,1-2H3,(H,12,13). The van der Waals surface area contributed by atoms with Crippen molar-refractivity contribution in [2.75, 3.05) is 23.9 Å². The van der Waals surface area contributed by atoms with Crippen LogP contribution in [0.5, 0.6) is 0 Å². The summed E-state index contributed by atoms with van der Waals surface area (Å²) in [6, 6.07) is 0. The van der Waals surface area contributed by atoms with Gasteiger partial charge in [0.25, 0.3) is 0 Å². The van der Waals surface area contributed by atoms with Crippen molar-refractivity contribution in [1.29, 1.82) is 0 Å². The van der Waals surface area contributed by atoms with Gasteiger partial charge in [-0.15, -0.1) is 0 Å². The first-order valence-electron chi connectivity index (χ1n) is 5.39. The van der Waals surface area contributed by atoms with Crippen molar-refractivity contribution in [3.8, 4) is 0 Å². The quantitative estimate of drug-likeness (QED) is 0.688. The highest BCUT2D eigenvalue weighted by Gasteiger charge is 2.13. The fraction of sp³-hybridized carbons (Fsp3) is 0.900. The summed E-state index contributed by atoms with van der Waals surface area (Å²) in [5, 5.41) is 3.57. The fourth-order valence-electron chi connectivity index (χ4n) is 1.46. The van der Waals surface area contributed by atoms with Crippen LogP contribution in [0.1, 0.15) is 26.2 Å². The Balaban J connectivity index is 3.95. The molecule has 0 spiro atoms. The predicted octanol–water partition coefficient (Wildman–Crippen LogP) is 1.35. The molecule has 0 fully saturated rings. The van der Waals surface area contributed by atoms with E-state index in [1.807, 2.05) is 0 Å². The zero-order valence-corrected chi connectivity index (χ0v) is 12.2. The minimum absolute atomic E-state index is 0.404. The summed E-state index contributed by atoms with van der Waals surface area (Å²) >= 11 is 3.37. The van der Waals surface area contributed by atoms with Crippen LogP contribution in [-0.2, 0) is 14.6 Å². The van der Waals surface area contributed by atoms with E-state index < -0.39 is 21.5 Å². The summed E-state index contributed by atoms with van der Waals surface area (Å²) in [6.45, 7) is 2.66. The molecule has 0 bridgehead atoms. The van der Waals surface area contributed by atoms with Crippen molar-refractivity contribution in [3.05, 3.63) is 0 Å². The van der Waals surface area contributed by atoms with Crippen molar-refractivity contribution >= 4 is 31.7 Å². The van der Waals surface area contributed by atoms with Gasteiger partial charge in [0.1, 0.15) is 5.75 Å². The summed E-state index contributed by atoms with van der Waals surface area (Å²) in [6.07, 6.45) is 4.17. The van der Waals surface area contributed by atoms with Crippen LogP contribution >= 0.6 is 15.9 Å². The molecule has 16 heavy (non-hydrogen) atoms. The number of hydrogen-bond acceptors (Lipinski definition) is 3. The highest BCUT2D eigenvalue weighted by Crippen LogP contribution is 2.11. The molecule has 0 aliphatic carbocycles. The maximum atomic E-state index is 11.3. The summed E-state index contributed by atoms with van der Waals surface area (Å²) in [4.78, 5) is 11.3. The molecule has 0 aromatic carbocycles. The van der Waals surface area contributed by atoms with Gasteiger partial charge in [-0.2, -0.15) is 0 Å². The highest BCUT2D eigenvalue weighted by atomic mass is 79.9. The van der Waals surface area contributed by atoms with Gasteiger partial charge in [-0.25, -0.2) is 8.42 Å². The van der Waals surface area contributed by atoms with Gasteiger partial charge in [0, 0.05) is 18.1 Å². The van der Waals surface area contributed by atoms with Crippen molar-refractivity contribution in [2.24, 2.45) is 5.92 Å². The number of halogens is 1. The van der Waals surface area contributed by atoms with Crippen LogP contribution in [0.15, 0.2) is 0 Å². The van der Waals surface area contributed by atoms with E-state index in [-0.39, 0.29) is 0 Å². The van der Waals surface area contributed by atoms with Crippen LogP contribution < -0.4 is 5.32 Å². The van der Waals surface area contributed by atoms with E-state index in [0.717, 1.165) is 30.8 Å². The molecule has 1 N–H and O–H groups in total. The van der Waals surface area contributed by atoms with Gasteiger partial charge in [0.05, 0.1) is 0 Å². The molecule has 0 saturated heterocycles. The molecule has 1 amide bonds. The molecule has 0 rings (SSSR count). The van der Waals surface area contributed by atoms with E-state index in [1.165, 1.54) is 0 Å². The summed E-state index contributed by atoms with van der Waals surface area (Å²) < 4.78 is 21.7. The molecule has 0 aromatic heterocycles. The van der Waals surface area contributed by atoms with Gasteiger partial charge in [-0.05, 0) is 18.8 Å². The molecule has 0 aliphatic rings. The van der Waals surface area contributed by atoms with Crippen LogP contribution in [0.25, 0.3) is 0 Å². The lowest BCUT2D eigenvalue weighted by atomic mass is 10.0. The predicted molar refractivity (Wildman–Crippen MR) is 69.5 cm³/mol. The molecule has 0 aromatic rings. The Hall–Kier alpha value is -0.100. The molecule has 6 heteroatoms. The smallest absolute Gasteiger partial charge is 0.235 e. The van der Waals surface area contributed by atoms with Crippen LogP contribution in [0.2, 0.25) is 0 Å². The monoisotopic (exact) mass is 313 g/mol. The first-order chi connectivity index (χ1) is 7.39. The normalized spacial score (nSPS) is 13.4. The summed E-state index contributed by atoms with van der Waals surface area (Å²) in [5.41, 5.74) is 0. The number of rotatable bonds is 8. The third-order valence-corrected chi connectivity index (χ3v) is 3.44. The van der Waals surface area contributed by atoms with Gasteiger partial charge >= 0.3 is 0 Å². The molecule has 0 radical (unpaired) electrons. The van der Waals surface area contributed by atoms with Gasteiger partial charge in [-0.1, -0.05) is 29.3 Å². The topological polar surface area (TPSA) is 63.2 Å². The van der Waals surface area contributed by atoms with E-state index in [1.54, 1.807) is 0 Å². The lowest BCUT2D eigenvalue weighted by molar-refractivity contribution is -0.118. The van der Waals surface area contributed by atoms with E-state index in [9.17, 15) is 13.2 Å². The number of sulfone groups is 1. The number of carbonyl (C=O) groups is 1. The third-order valence-electron chi connectivity index (χ3n) is 2.20. The van der Waals surface area contributed by atoms with Crippen molar-refractivity contribution in [2.45, 2.75) is 26.2 Å². The molecule has 0 aliphatic heterocycles. The molecular formula is C10H20BrNO3S. The van der Waals surface area contributed by atoms with Crippen molar-refractivity contribution < 1.29 is 13.2 Å². The SMILES string of the molecule is CCCC(CCBr)CNC(=O)CS(C)(=O)=O. The lowest BCUT2D eigenvalue weighted by Crippen LogP contribution is -2.33. The molecular weight excluding hydrogens is 294 g/mol. The Bertz CT molecular complexity index is 297. The minimum atomic E-state index is -3.22. The Morgan fingerprint density at radius 1 is 1.38 bits per heavy atom. The molecule has 0 heterocycles. The molecule has 1 atom stereocenters.